The van der Waals surface area contributed by atoms with Crippen molar-refractivity contribution in [3.05, 3.63) is 0 Å². The molecule has 0 radical (unpaired) electrons. The lowest BCUT2D eigenvalue weighted by Crippen LogP contribution is -2.61. The number of rotatable bonds is 4. The fraction of sp³-hybridized carbons (Fsp3) is 0.765. The van der Waals surface area contributed by atoms with Crippen molar-refractivity contribution in [3.63, 3.8) is 0 Å². The van der Waals surface area contributed by atoms with E-state index in [0.29, 0.717) is 6.54 Å². The standard InChI is InChI=1S/C17H25N3O4/c21-15-14(11-18-10-13-8-5-9-24-13)16(22)20(17(23)19-15)12-6-3-1-2-4-7-12/h11-14H,1-10H2,(H,19,21,23)/t13-,14-/m0/s1. The average Bonchev–Trinajstić information content (AvgIpc) is 2.92. The second kappa shape index (κ2) is 7.88. The number of carbonyl (C=O) groups is 3. The predicted octanol–water partition coefficient (Wildman–Crippen LogP) is 1.65. The SMILES string of the molecule is O=C1NC(=O)N(C2CCCCCC2)C(=O)[C@H]1C=NC[C@@H]1CCCO1. The highest BCUT2D eigenvalue weighted by Gasteiger charge is 2.42. The van der Waals surface area contributed by atoms with Crippen LogP contribution in [0.4, 0.5) is 4.79 Å². The monoisotopic (exact) mass is 335 g/mol. The third kappa shape index (κ3) is 3.83. The summed E-state index contributed by atoms with van der Waals surface area (Å²) in [4.78, 5) is 42.4. The Bertz CT molecular complexity index is 520. The molecule has 7 nitrogen and oxygen atoms in total. The number of aliphatic imine (C=N–C) groups is 1. The van der Waals surface area contributed by atoms with Crippen molar-refractivity contribution in [2.24, 2.45) is 10.9 Å². The minimum Gasteiger partial charge on any atom is -0.376 e. The largest absolute Gasteiger partial charge is 0.376 e. The van der Waals surface area contributed by atoms with Gasteiger partial charge in [0.05, 0.1) is 12.6 Å². The van der Waals surface area contributed by atoms with E-state index in [1.54, 1.807) is 0 Å². The maximum atomic E-state index is 12.7. The first-order chi connectivity index (χ1) is 11.7. The summed E-state index contributed by atoms with van der Waals surface area (Å²) in [5.74, 6) is -2.02. The minimum atomic E-state index is -1.01. The number of nitrogens with zero attached hydrogens (tertiary/aromatic N) is 2. The number of urea groups is 1. The van der Waals surface area contributed by atoms with E-state index in [1.165, 1.54) is 11.1 Å². The summed E-state index contributed by atoms with van der Waals surface area (Å²) in [7, 11) is 0. The van der Waals surface area contributed by atoms with Gasteiger partial charge >= 0.3 is 6.03 Å². The average molecular weight is 335 g/mol. The lowest BCUT2D eigenvalue weighted by molar-refractivity contribution is -0.140. The maximum absolute atomic E-state index is 12.7. The Kier molecular flexibility index (Phi) is 5.60. The summed E-state index contributed by atoms with van der Waals surface area (Å²) in [6.45, 7) is 1.20. The lowest BCUT2D eigenvalue weighted by Gasteiger charge is -2.34. The van der Waals surface area contributed by atoms with Crippen molar-refractivity contribution in [2.75, 3.05) is 13.2 Å². The van der Waals surface area contributed by atoms with Gasteiger partial charge in [0.2, 0.25) is 11.8 Å². The number of nitrogens with one attached hydrogen (secondary N) is 1. The van der Waals surface area contributed by atoms with E-state index in [-0.39, 0.29) is 12.1 Å². The molecule has 0 spiro atoms. The highest BCUT2D eigenvalue weighted by atomic mass is 16.5. The fourth-order valence-corrected chi connectivity index (χ4v) is 3.67. The molecule has 2 atom stereocenters. The van der Waals surface area contributed by atoms with Crippen LogP contribution in [-0.4, -0.2) is 54.3 Å². The van der Waals surface area contributed by atoms with Crippen molar-refractivity contribution < 1.29 is 19.1 Å². The topological polar surface area (TPSA) is 88.1 Å². The van der Waals surface area contributed by atoms with E-state index in [1.807, 2.05) is 0 Å². The van der Waals surface area contributed by atoms with Gasteiger partial charge in [0.15, 0.2) is 5.92 Å². The minimum absolute atomic E-state index is 0.0718. The number of ether oxygens (including phenoxy) is 1. The molecule has 7 heteroatoms. The van der Waals surface area contributed by atoms with Gasteiger partial charge in [-0.3, -0.25) is 24.8 Å². The Morgan fingerprint density at radius 1 is 1.08 bits per heavy atom. The van der Waals surface area contributed by atoms with E-state index >= 15 is 0 Å². The van der Waals surface area contributed by atoms with Crippen LogP contribution in [0, 0.1) is 5.92 Å². The zero-order valence-electron chi connectivity index (χ0n) is 13.9. The number of hydrogen-bond donors (Lipinski definition) is 1. The Morgan fingerprint density at radius 3 is 2.50 bits per heavy atom. The number of carbonyl (C=O) groups excluding carboxylic acids is 3. The van der Waals surface area contributed by atoms with Gasteiger partial charge in [0.1, 0.15) is 0 Å². The summed E-state index contributed by atoms with van der Waals surface area (Å²) >= 11 is 0. The predicted molar refractivity (Wildman–Crippen MR) is 87.7 cm³/mol. The van der Waals surface area contributed by atoms with Gasteiger partial charge in [-0.05, 0) is 25.7 Å². The molecule has 0 aromatic carbocycles. The molecule has 1 N–H and O–H groups in total. The molecule has 1 saturated carbocycles. The Hall–Kier alpha value is -1.76. The molecule has 0 aromatic rings. The van der Waals surface area contributed by atoms with Gasteiger partial charge < -0.3 is 4.74 Å². The van der Waals surface area contributed by atoms with Crippen LogP contribution >= 0.6 is 0 Å². The molecule has 132 valence electrons. The summed E-state index contributed by atoms with van der Waals surface area (Å²) in [6.07, 6.45) is 9.33. The molecule has 24 heavy (non-hydrogen) atoms. The molecule has 3 aliphatic rings. The van der Waals surface area contributed by atoms with Gasteiger partial charge in [-0.15, -0.1) is 0 Å². The van der Waals surface area contributed by atoms with Crippen molar-refractivity contribution in [1.29, 1.82) is 0 Å². The second-order valence-electron chi connectivity index (χ2n) is 6.77. The van der Waals surface area contributed by atoms with Gasteiger partial charge in [-0.2, -0.15) is 0 Å². The zero-order chi connectivity index (χ0) is 16.9. The van der Waals surface area contributed by atoms with E-state index in [9.17, 15) is 14.4 Å². The van der Waals surface area contributed by atoms with Crippen LogP contribution < -0.4 is 5.32 Å². The first kappa shape index (κ1) is 17.1. The molecule has 2 saturated heterocycles. The van der Waals surface area contributed by atoms with E-state index in [0.717, 1.165) is 58.0 Å². The van der Waals surface area contributed by atoms with Crippen LogP contribution in [0.1, 0.15) is 51.4 Å². The molecular formula is C17H25N3O4. The van der Waals surface area contributed by atoms with E-state index < -0.39 is 23.8 Å². The highest BCUT2D eigenvalue weighted by Crippen LogP contribution is 2.25. The normalized spacial score (nSPS) is 30.0. The molecule has 0 aromatic heterocycles. The summed E-state index contributed by atoms with van der Waals surface area (Å²) in [5.41, 5.74) is 0. The van der Waals surface area contributed by atoms with Crippen LogP contribution in [0.3, 0.4) is 0 Å². The van der Waals surface area contributed by atoms with Gasteiger partial charge in [-0.25, -0.2) is 4.79 Å². The van der Waals surface area contributed by atoms with Crippen molar-refractivity contribution >= 4 is 24.1 Å². The molecule has 0 unspecified atom stereocenters. The zero-order valence-corrected chi connectivity index (χ0v) is 13.9. The van der Waals surface area contributed by atoms with Gasteiger partial charge in [0, 0.05) is 18.9 Å². The number of imide groups is 2. The molecule has 0 bridgehead atoms. The second-order valence-corrected chi connectivity index (χ2v) is 6.77. The van der Waals surface area contributed by atoms with Crippen LogP contribution in [-0.2, 0) is 14.3 Å². The van der Waals surface area contributed by atoms with E-state index in [2.05, 4.69) is 10.3 Å². The first-order valence-electron chi connectivity index (χ1n) is 8.96. The van der Waals surface area contributed by atoms with Gasteiger partial charge in [-0.1, -0.05) is 25.7 Å². The molecular weight excluding hydrogens is 310 g/mol. The summed E-state index contributed by atoms with van der Waals surface area (Å²) < 4.78 is 5.48. The van der Waals surface area contributed by atoms with Crippen LogP contribution in [0.2, 0.25) is 0 Å². The summed E-state index contributed by atoms with van der Waals surface area (Å²) in [5, 5.41) is 2.31. The first-order valence-corrected chi connectivity index (χ1v) is 8.96. The number of hydrogen-bond acceptors (Lipinski definition) is 5. The molecule has 3 fully saturated rings. The molecule has 2 aliphatic heterocycles. The number of amides is 4. The third-order valence-electron chi connectivity index (χ3n) is 5.01. The van der Waals surface area contributed by atoms with Crippen molar-refractivity contribution in [2.45, 2.75) is 63.5 Å². The molecule has 4 amide bonds. The highest BCUT2D eigenvalue weighted by molar-refractivity contribution is 6.23. The molecule has 3 rings (SSSR count). The number of barbiturate groups is 1. The van der Waals surface area contributed by atoms with Crippen LogP contribution in [0.15, 0.2) is 4.99 Å². The van der Waals surface area contributed by atoms with Gasteiger partial charge in [0.25, 0.3) is 0 Å². The Labute approximate surface area is 141 Å². The third-order valence-corrected chi connectivity index (χ3v) is 5.01. The van der Waals surface area contributed by atoms with Crippen molar-refractivity contribution in [1.82, 2.24) is 10.2 Å². The molecule has 2 heterocycles. The Balaban J connectivity index is 1.66. The van der Waals surface area contributed by atoms with Crippen LogP contribution in [0.5, 0.6) is 0 Å². The Morgan fingerprint density at radius 2 is 1.83 bits per heavy atom. The summed E-state index contributed by atoms with van der Waals surface area (Å²) in [6, 6.07) is -0.692. The fourth-order valence-electron chi connectivity index (χ4n) is 3.67. The lowest BCUT2D eigenvalue weighted by atomic mass is 10.0. The smallest absolute Gasteiger partial charge is 0.331 e. The molecule has 1 aliphatic carbocycles. The van der Waals surface area contributed by atoms with E-state index in [4.69, 9.17) is 4.74 Å². The van der Waals surface area contributed by atoms with Crippen LogP contribution in [0.25, 0.3) is 0 Å². The van der Waals surface area contributed by atoms with Crippen molar-refractivity contribution in [3.8, 4) is 0 Å². The quantitative estimate of drug-likeness (QED) is 0.481. The maximum Gasteiger partial charge on any atom is 0.331 e.